The van der Waals surface area contributed by atoms with E-state index in [1.54, 1.807) is 0 Å². The van der Waals surface area contributed by atoms with Gasteiger partial charge in [0, 0.05) is 6.42 Å². The van der Waals surface area contributed by atoms with Crippen molar-refractivity contribution in [3.05, 3.63) is 0 Å². The third-order valence-corrected chi connectivity index (χ3v) is 3.75. The maximum atomic E-state index is 8.87. The van der Waals surface area contributed by atoms with Gasteiger partial charge in [-0.05, 0) is 24.6 Å². The summed E-state index contributed by atoms with van der Waals surface area (Å²) in [5.74, 6) is 0.958. The van der Waals surface area contributed by atoms with Gasteiger partial charge in [-0.3, -0.25) is 0 Å². The van der Waals surface area contributed by atoms with Gasteiger partial charge in [-0.25, -0.2) is 0 Å². The van der Waals surface area contributed by atoms with E-state index in [9.17, 15) is 0 Å². The lowest BCUT2D eigenvalue weighted by molar-refractivity contribution is 0.400. The molecule has 0 spiro atoms. The highest BCUT2D eigenvalue weighted by atomic mass is 32.1. The molecular formula is C15H30OS. The lowest BCUT2D eigenvalue weighted by Crippen LogP contribution is -1.98. The molecule has 1 unspecified atom stereocenters. The molecular weight excluding hydrogens is 228 g/mol. The summed E-state index contributed by atoms with van der Waals surface area (Å²) in [4.78, 5) is 0. The van der Waals surface area contributed by atoms with E-state index in [1.807, 2.05) is 0 Å². The van der Waals surface area contributed by atoms with Crippen molar-refractivity contribution in [2.24, 2.45) is 5.92 Å². The highest BCUT2D eigenvalue weighted by Crippen LogP contribution is 2.20. The summed E-state index contributed by atoms with van der Waals surface area (Å²) in [5, 5.41) is 9.05. The Morgan fingerprint density at radius 2 is 1.53 bits per heavy atom. The molecule has 102 valence electrons. The molecule has 0 heterocycles. The van der Waals surface area contributed by atoms with Crippen LogP contribution in [0.4, 0.5) is 0 Å². The molecule has 0 fully saturated rings. The van der Waals surface area contributed by atoms with Crippen molar-refractivity contribution in [3.8, 4) is 0 Å². The third kappa shape index (κ3) is 12.1. The number of aliphatic hydroxyl groups excluding tert-OH is 1. The monoisotopic (exact) mass is 258 g/mol. The van der Waals surface area contributed by atoms with Gasteiger partial charge in [0.2, 0.25) is 0 Å². The van der Waals surface area contributed by atoms with Crippen molar-refractivity contribution < 1.29 is 5.11 Å². The lowest BCUT2D eigenvalue weighted by atomic mass is 9.93. The molecule has 0 saturated carbocycles. The van der Waals surface area contributed by atoms with Crippen LogP contribution in [0.25, 0.3) is 0 Å². The molecule has 0 amide bonds. The Morgan fingerprint density at radius 1 is 0.941 bits per heavy atom. The Morgan fingerprint density at radius 3 is 2.12 bits per heavy atom. The van der Waals surface area contributed by atoms with E-state index in [2.05, 4.69) is 26.1 Å². The highest BCUT2D eigenvalue weighted by Gasteiger charge is 2.04. The number of hydrogen-bond acceptors (Lipinski definition) is 1. The van der Waals surface area contributed by atoms with Crippen molar-refractivity contribution >= 4 is 17.3 Å². The van der Waals surface area contributed by atoms with Crippen molar-refractivity contribution in [1.82, 2.24) is 0 Å². The van der Waals surface area contributed by atoms with Crippen LogP contribution in [0.15, 0.2) is 0 Å². The van der Waals surface area contributed by atoms with Gasteiger partial charge < -0.3 is 5.11 Å². The molecule has 0 saturated heterocycles. The summed E-state index contributed by atoms with van der Waals surface area (Å²) in [6.45, 7) is 4.60. The predicted molar refractivity (Wildman–Crippen MR) is 80.9 cm³/mol. The summed E-state index contributed by atoms with van der Waals surface area (Å²) in [6, 6.07) is 0. The van der Waals surface area contributed by atoms with Gasteiger partial charge >= 0.3 is 0 Å². The maximum Gasteiger partial charge on any atom is 0.156 e. The first kappa shape index (κ1) is 16.9. The van der Waals surface area contributed by atoms with Gasteiger partial charge in [-0.2, -0.15) is 0 Å². The SMILES string of the molecule is CCCCC(CC)CCCCCCCC(O)=S. The molecule has 0 aliphatic heterocycles. The Hall–Kier alpha value is -0.110. The summed E-state index contributed by atoms with van der Waals surface area (Å²) in [5.41, 5.74) is 0. The molecule has 1 nitrogen and oxygen atoms in total. The number of thiocarbonyl (C=S) groups is 1. The number of rotatable bonds is 12. The van der Waals surface area contributed by atoms with E-state index >= 15 is 0 Å². The first-order valence-corrected chi connectivity index (χ1v) is 7.83. The summed E-state index contributed by atoms with van der Waals surface area (Å²) in [6.07, 6.45) is 13.9. The first-order chi connectivity index (χ1) is 8.20. The van der Waals surface area contributed by atoms with Crippen molar-refractivity contribution in [3.63, 3.8) is 0 Å². The number of aliphatic hydroxyl groups is 1. The molecule has 0 aromatic carbocycles. The van der Waals surface area contributed by atoms with Crippen LogP contribution in [-0.4, -0.2) is 10.2 Å². The minimum atomic E-state index is 0.176. The van der Waals surface area contributed by atoms with Crippen LogP contribution in [-0.2, 0) is 0 Å². The van der Waals surface area contributed by atoms with Crippen molar-refractivity contribution in [2.75, 3.05) is 0 Å². The molecule has 0 aliphatic rings. The predicted octanol–water partition coefficient (Wildman–Crippen LogP) is 5.82. The number of hydrogen-bond donors (Lipinski definition) is 1. The average Bonchev–Trinajstić information content (AvgIpc) is 2.31. The van der Waals surface area contributed by atoms with Gasteiger partial charge in [0.05, 0.1) is 0 Å². The van der Waals surface area contributed by atoms with Crippen LogP contribution in [0.2, 0.25) is 0 Å². The van der Waals surface area contributed by atoms with Crippen LogP contribution in [0.1, 0.15) is 84.5 Å². The molecule has 1 N–H and O–H groups in total. The Balaban J connectivity index is 3.27. The van der Waals surface area contributed by atoms with Gasteiger partial charge in [-0.15, -0.1) is 0 Å². The Labute approximate surface area is 113 Å². The second-order valence-corrected chi connectivity index (χ2v) is 5.59. The average molecular weight is 258 g/mol. The molecule has 2 heteroatoms. The fraction of sp³-hybridized carbons (Fsp3) is 0.933. The normalized spacial score (nSPS) is 12.6. The largest absolute Gasteiger partial charge is 0.502 e. The van der Waals surface area contributed by atoms with Gasteiger partial charge in [-0.1, -0.05) is 71.6 Å². The first-order valence-electron chi connectivity index (χ1n) is 7.42. The molecule has 0 aliphatic carbocycles. The van der Waals surface area contributed by atoms with Gasteiger partial charge in [0.1, 0.15) is 0 Å². The zero-order chi connectivity index (χ0) is 12.9. The highest BCUT2D eigenvalue weighted by molar-refractivity contribution is 7.80. The van der Waals surface area contributed by atoms with E-state index in [1.165, 1.54) is 57.8 Å². The molecule has 17 heavy (non-hydrogen) atoms. The standard InChI is InChI=1S/C15H30OS/c1-3-5-11-14(4-2)12-9-7-6-8-10-13-15(16)17/h14H,3-13H2,1-2H3,(H,16,17). The Bertz CT molecular complexity index is 180. The summed E-state index contributed by atoms with van der Waals surface area (Å²) in [7, 11) is 0. The van der Waals surface area contributed by atoms with Crippen LogP contribution in [0, 0.1) is 5.92 Å². The fourth-order valence-electron chi connectivity index (χ4n) is 2.28. The minimum Gasteiger partial charge on any atom is -0.502 e. The molecule has 0 radical (unpaired) electrons. The zero-order valence-electron chi connectivity index (χ0n) is 11.7. The quantitative estimate of drug-likeness (QED) is 0.351. The molecule has 1 atom stereocenters. The van der Waals surface area contributed by atoms with Crippen LogP contribution >= 0.6 is 12.2 Å². The van der Waals surface area contributed by atoms with Crippen molar-refractivity contribution in [1.29, 1.82) is 0 Å². The van der Waals surface area contributed by atoms with Gasteiger partial charge in [0.15, 0.2) is 5.05 Å². The zero-order valence-corrected chi connectivity index (χ0v) is 12.5. The van der Waals surface area contributed by atoms with Crippen LogP contribution in [0.5, 0.6) is 0 Å². The topological polar surface area (TPSA) is 20.2 Å². The molecule has 0 aromatic rings. The second kappa shape index (κ2) is 12.3. The van der Waals surface area contributed by atoms with E-state index < -0.39 is 0 Å². The molecule has 0 rings (SSSR count). The number of unbranched alkanes of at least 4 members (excludes halogenated alkanes) is 5. The minimum absolute atomic E-state index is 0.176. The molecule has 0 bridgehead atoms. The second-order valence-electron chi connectivity index (χ2n) is 5.12. The van der Waals surface area contributed by atoms with Crippen LogP contribution in [0.3, 0.4) is 0 Å². The van der Waals surface area contributed by atoms with E-state index in [4.69, 9.17) is 5.11 Å². The van der Waals surface area contributed by atoms with E-state index in [-0.39, 0.29) is 5.05 Å². The Kier molecular flexibility index (Phi) is 12.3. The van der Waals surface area contributed by atoms with Crippen molar-refractivity contribution in [2.45, 2.75) is 84.5 Å². The fourth-order valence-corrected chi connectivity index (χ4v) is 2.43. The van der Waals surface area contributed by atoms with E-state index in [0.29, 0.717) is 6.42 Å². The van der Waals surface area contributed by atoms with Gasteiger partial charge in [0.25, 0.3) is 0 Å². The van der Waals surface area contributed by atoms with Crippen LogP contribution < -0.4 is 0 Å². The molecule has 0 aromatic heterocycles. The van der Waals surface area contributed by atoms with E-state index in [0.717, 1.165) is 12.3 Å². The summed E-state index contributed by atoms with van der Waals surface area (Å²) >= 11 is 4.64. The smallest absolute Gasteiger partial charge is 0.156 e. The lowest BCUT2D eigenvalue weighted by Gasteiger charge is -2.13. The third-order valence-electron chi connectivity index (χ3n) is 3.55. The summed E-state index contributed by atoms with van der Waals surface area (Å²) < 4.78 is 0. The maximum absolute atomic E-state index is 8.87.